The molecular formula is C28H28FN3O3. The number of carbonyl (C=O) groups is 1. The van der Waals surface area contributed by atoms with Gasteiger partial charge in [0.15, 0.2) is 0 Å². The van der Waals surface area contributed by atoms with Gasteiger partial charge in [-0.1, -0.05) is 20.8 Å². The first kappa shape index (κ1) is 22.8. The number of hydrogen-bond acceptors (Lipinski definition) is 2. The number of hydrogen-bond donors (Lipinski definition) is 4. The van der Waals surface area contributed by atoms with Crippen LogP contribution in [0.2, 0.25) is 0 Å². The topological polar surface area (TPSA) is 93.9 Å². The average molecular weight is 474 g/mol. The molecule has 35 heavy (non-hydrogen) atoms. The van der Waals surface area contributed by atoms with Gasteiger partial charge < -0.3 is 24.8 Å². The van der Waals surface area contributed by atoms with E-state index in [2.05, 4.69) is 41.8 Å². The number of methoxy groups -OCH3 is 1. The molecule has 180 valence electrons. The highest BCUT2D eigenvalue weighted by atomic mass is 19.1. The van der Waals surface area contributed by atoms with Crippen LogP contribution in [0.3, 0.4) is 0 Å². The zero-order valence-corrected chi connectivity index (χ0v) is 20.2. The number of ether oxygens (including phenoxy) is 1. The van der Waals surface area contributed by atoms with Crippen molar-refractivity contribution in [1.29, 1.82) is 0 Å². The Kier molecular flexibility index (Phi) is 5.63. The van der Waals surface area contributed by atoms with Crippen molar-refractivity contribution >= 4 is 27.8 Å². The number of H-pyrrole nitrogens is 3. The number of carboxylic acids is 1. The maximum absolute atomic E-state index is 14.6. The minimum Gasteiger partial charge on any atom is -0.497 e. The fourth-order valence-corrected chi connectivity index (χ4v) is 4.99. The molecule has 0 saturated heterocycles. The van der Waals surface area contributed by atoms with Crippen LogP contribution in [0, 0.1) is 5.82 Å². The van der Waals surface area contributed by atoms with Crippen LogP contribution >= 0.6 is 0 Å². The van der Waals surface area contributed by atoms with Gasteiger partial charge in [0.05, 0.1) is 12.8 Å². The second-order valence-electron chi connectivity index (χ2n) is 8.95. The van der Waals surface area contributed by atoms with Crippen LogP contribution < -0.4 is 4.74 Å². The Morgan fingerprint density at radius 1 is 1.06 bits per heavy atom. The summed E-state index contributed by atoms with van der Waals surface area (Å²) in [6.07, 6.45) is 3.35. The van der Waals surface area contributed by atoms with Crippen LogP contribution in [0.1, 0.15) is 54.9 Å². The fourth-order valence-electron chi connectivity index (χ4n) is 4.99. The quantitative estimate of drug-likeness (QED) is 0.201. The van der Waals surface area contributed by atoms with E-state index in [1.165, 1.54) is 12.1 Å². The largest absolute Gasteiger partial charge is 0.497 e. The number of carboxylic acid groups (broad SMARTS) is 1. The van der Waals surface area contributed by atoms with Crippen LogP contribution in [0.25, 0.3) is 44.2 Å². The molecule has 0 fully saturated rings. The molecule has 0 amide bonds. The highest BCUT2D eigenvalue weighted by molar-refractivity contribution is 6.07. The summed E-state index contributed by atoms with van der Waals surface area (Å²) in [5.74, 6) is -0.822. The molecule has 1 atom stereocenters. The van der Waals surface area contributed by atoms with E-state index < -0.39 is 5.97 Å². The summed E-state index contributed by atoms with van der Waals surface area (Å²) in [4.78, 5) is 22.2. The summed E-state index contributed by atoms with van der Waals surface area (Å²) < 4.78 is 20.2. The Balaban J connectivity index is 1.92. The molecule has 1 unspecified atom stereocenters. The van der Waals surface area contributed by atoms with E-state index in [-0.39, 0.29) is 17.4 Å². The third-order valence-corrected chi connectivity index (χ3v) is 6.91. The molecule has 3 aromatic heterocycles. The van der Waals surface area contributed by atoms with Crippen LogP contribution in [0.15, 0.2) is 42.6 Å². The molecule has 6 nitrogen and oxygen atoms in total. The van der Waals surface area contributed by atoms with E-state index in [4.69, 9.17) is 4.74 Å². The lowest BCUT2D eigenvalue weighted by Gasteiger charge is -2.16. The van der Waals surface area contributed by atoms with Crippen molar-refractivity contribution in [2.24, 2.45) is 0 Å². The monoisotopic (exact) mass is 473 g/mol. The van der Waals surface area contributed by atoms with Gasteiger partial charge in [0, 0.05) is 50.9 Å². The van der Waals surface area contributed by atoms with Crippen molar-refractivity contribution in [2.75, 3.05) is 7.11 Å². The zero-order chi connectivity index (χ0) is 24.9. The Bertz CT molecular complexity index is 1570. The molecule has 5 rings (SSSR count). The van der Waals surface area contributed by atoms with Crippen molar-refractivity contribution in [3.05, 3.63) is 65.4 Å². The molecule has 7 heteroatoms. The molecule has 0 aliphatic heterocycles. The van der Waals surface area contributed by atoms with Crippen LogP contribution in [0.5, 0.6) is 5.75 Å². The molecule has 2 aromatic carbocycles. The number of aryl methyl sites for hydroxylation is 1. The Morgan fingerprint density at radius 3 is 2.54 bits per heavy atom. The molecule has 0 bridgehead atoms. The highest BCUT2D eigenvalue weighted by Crippen LogP contribution is 2.46. The SMILES string of the molecule is CCc1cc2c(-c3c(C(=O)O)[nH]c(-c4cc(F)cc5[nH]ccc45)c3C(C)CC)cc(OC)cc2[nH]1. The van der Waals surface area contributed by atoms with Crippen molar-refractivity contribution in [3.8, 4) is 28.1 Å². The summed E-state index contributed by atoms with van der Waals surface area (Å²) in [5.41, 5.74) is 6.16. The molecule has 4 N–H and O–H groups in total. The number of rotatable bonds is 7. The molecule has 0 spiro atoms. The smallest absolute Gasteiger partial charge is 0.352 e. The normalized spacial score (nSPS) is 12.5. The van der Waals surface area contributed by atoms with Crippen molar-refractivity contribution < 1.29 is 19.0 Å². The molecular weight excluding hydrogens is 445 g/mol. The summed E-state index contributed by atoms with van der Waals surface area (Å²) in [7, 11) is 1.60. The second-order valence-corrected chi connectivity index (χ2v) is 8.95. The van der Waals surface area contributed by atoms with Gasteiger partial charge in [-0.05, 0) is 60.2 Å². The van der Waals surface area contributed by atoms with Crippen LogP contribution in [-0.2, 0) is 6.42 Å². The van der Waals surface area contributed by atoms with Gasteiger partial charge in [-0.25, -0.2) is 9.18 Å². The van der Waals surface area contributed by atoms with Crippen molar-refractivity contribution in [3.63, 3.8) is 0 Å². The lowest BCUT2D eigenvalue weighted by atomic mass is 9.87. The van der Waals surface area contributed by atoms with Gasteiger partial charge >= 0.3 is 5.97 Å². The maximum atomic E-state index is 14.6. The number of halogens is 1. The minimum atomic E-state index is -1.07. The Morgan fingerprint density at radius 2 is 1.86 bits per heavy atom. The minimum absolute atomic E-state index is 0.00690. The van der Waals surface area contributed by atoms with E-state index in [0.717, 1.165) is 46.0 Å². The number of aromatic nitrogens is 3. The first-order valence-corrected chi connectivity index (χ1v) is 11.8. The number of benzene rings is 2. The number of fused-ring (bicyclic) bond motifs is 2. The van der Waals surface area contributed by atoms with Gasteiger partial charge in [-0.15, -0.1) is 0 Å². The molecule has 0 radical (unpaired) electrons. The number of aromatic carboxylic acids is 1. The van der Waals surface area contributed by atoms with Gasteiger partial charge in [-0.3, -0.25) is 0 Å². The fraction of sp³-hybridized carbons (Fsp3) is 0.250. The first-order valence-electron chi connectivity index (χ1n) is 11.8. The molecule has 0 aliphatic carbocycles. The van der Waals surface area contributed by atoms with E-state index in [1.54, 1.807) is 13.3 Å². The van der Waals surface area contributed by atoms with Gasteiger partial charge in [-0.2, -0.15) is 0 Å². The summed E-state index contributed by atoms with van der Waals surface area (Å²) >= 11 is 0. The summed E-state index contributed by atoms with van der Waals surface area (Å²) in [6, 6.07) is 10.7. The highest BCUT2D eigenvalue weighted by Gasteiger charge is 2.29. The number of aromatic amines is 3. The molecule has 0 aliphatic rings. The van der Waals surface area contributed by atoms with Crippen LogP contribution in [0.4, 0.5) is 4.39 Å². The zero-order valence-electron chi connectivity index (χ0n) is 20.2. The second kappa shape index (κ2) is 8.65. The Hall–Kier alpha value is -4.00. The van der Waals surface area contributed by atoms with Crippen LogP contribution in [-0.4, -0.2) is 33.1 Å². The summed E-state index contributed by atoms with van der Waals surface area (Å²) in [6.45, 7) is 6.20. The predicted octanol–water partition coefficient (Wildman–Crippen LogP) is 7.23. The Labute approximate surface area is 202 Å². The lowest BCUT2D eigenvalue weighted by Crippen LogP contribution is -2.01. The molecule has 0 saturated carbocycles. The van der Waals surface area contributed by atoms with E-state index in [1.807, 2.05) is 18.2 Å². The predicted molar refractivity (Wildman–Crippen MR) is 137 cm³/mol. The van der Waals surface area contributed by atoms with E-state index >= 15 is 0 Å². The van der Waals surface area contributed by atoms with E-state index in [9.17, 15) is 14.3 Å². The molecule has 5 aromatic rings. The standard InChI is InChI=1S/C28H28FN3O3/c1-5-14(3)24-25(20-12-17(35-4)13-23-19(20)11-16(6-2)31-23)27(28(33)34)32-26(24)21-9-15(29)10-22-18(21)7-8-30-22/h7-14,30-32H,5-6H2,1-4H3,(H,33,34). The van der Waals surface area contributed by atoms with Crippen molar-refractivity contribution in [1.82, 2.24) is 15.0 Å². The lowest BCUT2D eigenvalue weighted by molar-refractivity contribution is 0.0692. The molecule has 3 heterocycles. The van der Waals surface area contributed by atoms with Gasteiger partial charge in [0.1, 0.15) is 17.3 Å². The van der Waals surface area contributed by atoms with Gasteiger partial charge in [0.2, 0.25) is 0 Å². The van der Waals surface area contributed by atoms with Crippen molar-refractivity contribution in [2.45, 2.75) is 39.5 Å². The third-order valence-electron chi connectivity index (χ3n) is 6.91. The number of nitrogens with one attached hydrogen (secondary N) is 3. The maximum Gasteiger partial charge on any atom is 0.352 e. The average Bonchev–Trinajstić information content (AvgIpc) is 3.58. The third kappa shape index (κ3) is 3.67. The summed E-state index contributed by atoms with van der Waals surface area (Å²) in [5, 5.41) is 12.0. The van der Waals surface area contributed by atoms with E-state index in [0.29, 0.717) is 28.1 Å². The first-order chi connectivity index (χ1) is 16.9. The van der Waals surface area contributed by atoms with Gasteiger partial charge in [0.25, 0.3) is 0 Å².